The highest BCUT2D eigenvalue weighted by molar-refractivity contribution is 6.14. The first-order chi connectivity index (χ1) is 4.79. The summed E-state index contributed by atoms with van der Waals surface area (Å²) in [6, 6.07) is 0. The molecular weight excluding hydrogens is 136 g/mol. The van der Waals surface area contributed by atoms with Crippen LogP contribution in [0.4, 0.5) is 0 Å². The Morgan fingerprint density at radius 2 is 0.800 bits per heavy atom. The summed E-state index contributed by atoms with van der Waals surface area (Å²) in [6.45, 7) is 0. The highest BCUT2D eigenvalue weighted by atomic mass is 16.1. The third kappa shape index (κ3) is 1.74. The fraction of sp³-hybridized carbons (Fsp3) is 0. The summed E-state index contributed by atoms with van der Waals surface area (Å²) in [5.74, 6) is 0. The van der Waals surface area contributed by atoms with E-state index in [1.807, 2.05) is 0 Å². The van der Waals surface area contributed by atoms with Crippen molar-refractivity contribution < 1.29 is 19.2 Å². The van der Waals surface area contributed by atoms with Crippen molar-refractivity contribution >= 4 is 25.1 Å². The van der Waals surface area contributed by atoms with E-state index in [0.717, 1.165) is 25.1 Å². The van der Waals surface area contributed by atoms with Crippen LogP contribution < -0.4 is 0 Å². The second-order valence-electron chi connectivity index (χ2n) is 1.16. The van der Waals surface area contributed by atoms with Gasteiger partial charge in [0.15, 0.2) is 0 Å². The second-order valence-corrected chi connectivity index (χ2v) is 1.16. The first-order valence-electron chi connectivity index (χ1n) is 2.07. The van der Waals surface area contributed by atoms with Crippen LogP contribution in [0.15, 0.2) is 11.1 Å². The summed E-state index contributed by atoms with van der Waals surface area (Å²) in [4.78, 5) is 38.8. The molecule has 0 heterocycles. The zero-order valence-electron chi connectivity index (χ0n) is 4.63. The molecule has 0 rings (SSSR count). The number of carbonyl (C=O) groups excluding carboxylic acids is 4. The molecule has 0 atom stereocenters. The van der Waals surface area contributed by atoms with E-state index in [9.17, 15) is 19.2 Å². The highest BCUT2D eigenvalue weighted by Crippen LogP contribution is 1.90. The van der Waals surface area contributed by atoms with Gasteiger partial charge in [-0.1, -0.05) is 0 Å². The first-order valence-corrected chi connectivity index (χ1v) is 2.07. The van der Waals surface area contributed by atoms with Gasteiger partial charge in [-0.2, -0.15) is 0 Å². The van der Waals surface area contributed by atoms with Gasteiger partial charge < -0.3 is 0 Å². The molecule has 0 aromatic rings. The molecule has 0 spiro atoms. The highest BCUT2D eigenvalue weighted by Gasteiger charge is 2.06. The lowest BCUT2D eigenvalue weighted by molar-refractivity contribution is 0.546. The first kappa shape index (κ1) is 8.42. The van der Waals surface area contributed by atoms with Crippen molar-refractivity contribution in [3.8, 4) is 0 Å². The average Bonchev–Trinajstić information content (AvgIpc) is 2.00. The molecule has 0 aliphatic heterocycles. The Kier molecular flexibility index (Phi) is 3.63. The minimum absolute atomic E-state index is 0.787. The van der Waals surface area contributed by atoms with E-state index >= 15 is 0 Å². The lowest BCUT2D eigenvalue weighted by Gasteiger charge is -1.79. The Labute approximate surface area is 56.5 Å². The van der Waals surface area contributed by atoms with E-state index in [4.69, 9.17) is 0 Å². The van der Waals surface area contributed by atoms with E-state index in [-0.39, 0.29) is 0 Å². The molecule has 48 valence electrons. The van der Waals surface area contributed by atoms with Crippen LogP contribution in [0.25, 0.3) is 0 Å². The van der Waals surface area contributed by atoms with E-state index < -0.39 is 11.1 Å². The van der Waals surface area contributed by atoms with Crippen LogP contribution in [-0.2, 0) is 19.2 Å². The molecule has 0 amide bonds. The topological polar surface area (TPSA) is 68.3 Å². The number of hydrogen-bond acceptors (Lipinski definition) is 4. The van der Waals surface area contributed by atoms with Crippen molar-refractivity contribution in [2.75, 3.05) is 0 Å². The van der Waals surface area contributed by atoms with Crippen LogP contribution in [0.1, 0.15) is 0 Å². The molecule has 0 fully saturated rings. The molecule has 0 unspecified atom stereocenters. The maximum absolute atomic E-state index is 9.69. The van der Waals surface area contributed by atoms with E-state index in [1.54, 1.807) is 0 Å². The lowest BCUT2D eigenvalue weighted by Crippen LogP contribution is -1.96. The van der Waals surface area contributed by atoms with Gasteiger partial charge in [-0.15, -0.1) is 0 Å². The van der Waals surface area contributed by atoms with Gasteiger partial charge in [-0.3, -0.25) is 19.2 Å². The third-order valence-electron chi connectivity index (χ3n) is 0.658. The minimum atomic E-state index is -0.787. The van der Waals surface area contributed by atoms with Crippen molar-refractivity contribution in [2.45, 2.75) is 0 Å². The van der Waals surface area contributed by atoms with Gasteiger partial charge in [-0.05, 0) is 0 Å². The zero-order valence-corrected chi connectivity index (χ0v) is 4.63. The van der Waals surface area contributed by atoms with Crippen molar-refractivity contribution in [1.29, 1.82) is 0 Å². The molecule has 0 saturated carbocycles. The number of hydrogen-bond donors (Lipinski definition) is 0. The van der Waals surface area contributed by atoms with Crippen LogP contribution in [0.2, 0.25) is 0 Å². The third-order valence-corrected chi connectivity index (χ3v) is 0.658. The zero-order chi connectivity index (χ0) is 7.98. The predicted octanol–water partition coefficient (Wildman–Crippen LogP) is -1.28. The van der Waals surface area contributed by atoms with Crippen LogP contribution in [0.3, 0.4) is 0 Å². The molecule has 4 radical (unpaired) electrons. The monoisotopic (exact) mass is 136 g/mol. The van der Waals surface area contributed by atoms with Gasteiger partial charge in [0, 0.05) is 0 Å². The summed E-state index contributed by atoms with van der Waals surface area (Å²) in [6.07, 6.45) is 4.14. The van der Waals surface area contributed by atoms with Gasteiger partial charge in [0.1, 0.15) is 0 Å². The maximum Gasteiger partial charge on any atom is 0.238 e. The standard InChI is InChI=1S/C6O4/c7-1-5(2-8)6(3-9)4-10. The summed E-state index contributed by atoms with van der Waals surface area (Å²) < 4.78 is 0. The lowest BCUT2D eigenvalue weighted by atomic mass is 10.2. The molecule has 0 aliphatic carbocycles. The molecule has 4 heteroatoms. The van der Waals surface area contributed by atoms with Crippen LogP contribution in [-0.4, -0.2) is 25.1 Å². The molecule has 0 N–H and O–H groups in total. The molecule has 4 nitrogen and oxygen atoms in total. The number of allylic oxidation sites excluding steroid dienone is 2. The van der Waals surface area contributed by atoms with Crippen molar-refractivity contribution in [3.05, 3.63) is 11.1 Å². The quantitative estimate of drug-likeness (QED) is 0.274. The summed E-state index contributed by atoms with van der Waals surface area (Å²) in [5, 5.41) is 0. The molecule has 0 saturated heterocycles. The fourth-order valence-corrected chi connectivity index (χ4v) is 0.246. The van der Waals surface area contributed by atoms with E-state index in [1.165, 1.54) is 0 Å². The Hall–Kier alpha value is -1.58. The molecule has 0 aliphatic rings. The van der Waals surface area contributed by atoms with Crippen LogP contribution in [0.5, 0.6) is 0 Å². The predicted molar refractivity (Wildman–Crippen MR) is 29.8 cm³/mol. The Morgan fingerprint density at radius 1 is 0.600 bits per heavy atom. The van der Waals surface area contributed by atoms with Crippen molar-refractivity contribution in [3.63, 3.8) is 0 Å². The summed E-state index contributed by atoms with van der Waals surface area (Å²) >= 11 is 0. The van der Waals surface area contributed by atoms with Crippen LogP contribution in [0, 0.1) is 0 Å². The minimum Gasteiger partial charge on any atom is -0.285 e. The Balaban J connectivity index is 4.85. The van der Waals surface area contributed by atoms with Gasteiger partial charge in [0.05, 0.1) is 11.1 Å². The van der Waals surface area contributed by atoms with Crippen LogP contribution >= 0.6 is 0 Å². The summed E-state index contributed by atoms with van der Waals surface area (Å²) in [5.41, 5.74) is -1.57. The molecule has 0 bridgehead atoms. The largest absolute Gasteiger partial charge is 0.285 e. The maximum atomic E-state index is 9.69. The Bertz CT molecular complexity index is 160. The van der Waals surface area contributed by atoms with E-state index in [0.29, 0.717) is 0 Å². The molecule has 10 heavy (non-hydrogen) atoms. The normalized spacial score (nSPS) is 7.60. The number of rotatable bonds is 4. The summed E-state index contributed by atoms with van der Waals surface area (Å²) in [7, 11) is 0. The van der Waals surface area contributed by atoms with Gasteiger partial charge >= 0.3 is 0 Å². The van der Waals surface area contributed by atoms with E-state index in [2.05, 4.69) is 0 Å². The van der Waals surface area contributed by atoms with Gasteiger partial charge in [-0.25, -0.2) is 0 Å². The smallest absolute Gasteiger partial charge is 0.238 e. The SMILES string of the molecule is O=[C]C([C]=O)=C([C]=O)[C]=O. The van der Waals surface area contributed by atoms with Gasteiger partial charge in [0.25, 0.3) is 0 Å². The molecular formula is C6O4. The van der Waals surface area contributed by atoms with Gasteiger partial charge in [0.2, 0.25) is 25.1 Å². The average molecular weight is 136 g/mol. The second kappa shape index (κ2) is 4.31. The van der Waals surface area contributed by atoms with Crippen molar-refractivity contribution in [2.24, 2.45) is 0 Å². The molecule has 0 aromatic carbocycles. The fourth-order valence-electron chi connectivity index (χ4n) is 0.246. The van der Waals surface area contributed by atoms with Crippen molar-refractivity contribution in [1.82, 2.24) is 0 Å². The molecule has 0 aromatic heterocycles. The Morgan fingerprint density at radius 3 is 0.900 bits per heavy atom.